The molecule has 1 saturated heterocycles. The number of nitrogens with two attached hydrogens (primary N) is 1. The molecule has 33 heavy (non-hydrogen) atoms. The molecule has 2 aliphatic rings. The molecule has 4 aromatic rings. The molecule has 2 fully saturated rings. The molecule has 0 atom stereocenters. The first-order valence-corrected chi connectivity index (χ1v) is 11.5. The second-order valence-electron chi connectivity index (χ2n) is 8.87. The van der Waals surface area contributed by atoms with Crippen molar-refractivity contribution in [2.45, 2.75) is 32.1 Å². The van der Waals surface area contributed by atoms with Crippen LogP contribution in [-0.4, -0.2) is 55.5 Å². The monoisotopic (exact) mass is 441 g/mol. The van der Waals surface area contributed by atoms with Gasteiger partial charge in [0.2, 0.25) is 5.78 Å². The van der Waals surface area contributed by atoms with Gasteiger partial charge in [0.15, 0.2) is 11.6 Å². The largest absolute Gasteiger partial charge is 0.382 e. The highest BCUT2D eigenvalue weighted by molar-refractivity contribution is 5.94. The zero-order chi connectivity index (χ0) is 22.5. The molecule has 0 bridgehead atoms. The van der Waals surface area contributed by atoms with Crippen molar-refractivity contribution in [2.75, 3.05) is 36.8 Å². The van der Waals surface area contributed by atoms with Gasteiger partial charge in [-0.1, -0.05) is 19.1 Å². The van der Waals surface area contributed by atoms with Crippen molar-refractivity contribution in [2.24, 2.45) is 0 Å². The molecule has 0 spiro atoms. The number of hydrogen-bond acceptors (Lipinski definition) is 8. The quantitative estimate of drug-likeness (QED) is 0.493. The lowest BCUT2D eigenvalue weighted by Crippen LogP contribution is -2.44. The zero-order valence-electron chi connectivity index (χ0n) is 18.8. The van der Waals surface area contributed by atoms with Gasteiger partial charge < -0.3 is 16.0 Å². The molecule has 0 radical (unpaired) electrons. The normalized spacial score (nSPS) is 18.0. The van der Waals surface area contributed by atoms with Crippen LogP contribution < -0.4 is 21.3 Å². The van der Waals surface area contributed by atoms with Gasteiger partial charge in [0.25, 0.3) is 0 Å². The number of fused-ring (bicyclic) bond motifs is 2. The highest BCUT2D eigenvalue weighted by Gasteiger charge is 2.27. The number of allylic oxidation sites excluding steroid dienone is 1. The van der Waals surface area contributed by atoms with E-state index in [0.29, 0.717) is 28.7 Å². The maximum absolute atomic E-state index is 6.32. The lowest BCUT2D eigenvalue weighted by Gasteiger charge is -2.32. The zero-order valence-corrected chi connectivity index (χ0v) is 18.8. The molecular formula is C24H27N9. The molecule has 0 aromatic carbocycles. The van der Waals surface area contributed by atoms with Crippen LogP contribution >= 0.6 is 0 Å². The number of hydrogen-bond donors (Lipinski definition) is 2. The van der Waals surface area contributed by atoms with Gasteiger partial charge in [0, 0.05) is 49.5 Å². The van der Waals surface area contributed by atoms with E-state index in [9.17, 15) is 0 Å². The molecule has 1 aliphatic carbocycles. The summed E-state index contributed by atoms with van der Waals surface area (Å²) in [6.45, 7) is 9.65. The fourth-order valence-electron chi connectivity index (χ4n) is 4.92. The summed E-state index contributed by atoms with van der Waals surface area (Å²) in [5.74, 6) is 3.03. The van der Waals surface area contributed by atoms with Crippen LogP contribution in [0.25, 0.3) is 22.3 Å². The van der Waals surface area contributed by atoms with Crippen molar-refractivity contribution in [3.8, 4) is 0 Å². The van der Waals surface area contributed by atoms with Crippen LogP contribution in [0.5, 0.6) is 0 Å². The Labute approximate surface area is 191 Å². The van der Waals surface area contributed by atoms with E-state index in [1.165, 1.54) is 24.8 Å². The number of nitrogen functional groups attached to an aromatic ring is 1. The second kappa shape index (κ2) is 7.77. The Morgan fingerprint density at radius 3 is 2.70 bits per heavy atom. The molecule has 0 amide bonds. The summed E-state index contributed by atoms with van der Waals surface area (Å²) in [5, 5.41) is 5.28. The standard InChI is InChI=1S/C24H27N9/c1-3-16(20-21(25)30-24-28-14(2)13-33(20)24)22-29-18-12-27-11-17(15-5-4-6-15)19(18)23(31-22)32-9-7-26-8-10-32/h3,11-13,15,26H,1,4-10H2,2H3,(H2,25,28,30)/b20-16-. The molecule has 1 aliphatic heterocycles. The Kier molecular flexibility index (Phi) is 4.72. The maximum atomic E-state index is 6.32. The molecule has 4 aromatic heterocycles. The van der Waals surface area contributed by atoms with Crippen LogP contribution in [-0.2, 0) is 0 Å². The summed E-state index contributed by atoms with van der Waals surface area (Å²) in [4.78, 5) is 25.9. The van der Waals surface area contributed by atoms with Gasteiger partial charge in [-0.25, -0.2) is 15.0 Å². The van der Waals surface area contributed by atoms with E-state index in [1.807, 2.05) is 29.9 Å². The molecule has 0 unspecified atom stereocenters. The highest BCUT2D eigenvalue weighted by atomic mass is 15.2. The van der Waals surface area contributed by atoms with Gasteiger partial charge in [-0.3, -0.25) is 9.38 Å². The van der Waals surface area contributed by atoms with Crippen molar-refractivity contribution in [3.05, 3.63) is 53.7 Å². The van der Waals surface area contributed by atoms with E-state index in [0.717, 1.165) is 54.2 Å². The first-order chi connectivity index (χ1) is 16.1. The Bertz CT molecular complexity index is 1430. The van der Waals surface area contributed by atoms with Crippen molar-refractivity contribution in [1.82, 2.24) is 34.6 Å². The lowest BCUT2D eigenvalue weighted by atomic mass is 9.79. The van der Waals surface area contributed by atoms with E-state index in [-0.39, 0.29) is 0 Å². The number of pyridine rings is 1. The van der Waals surface area contributed by atoms with Crippen molar-refractivity contribution >= 4 is 33.9 Å². The van der Waals surface area contributed by atoms with Crippen molar-refractivity contribution in [3.63, 3.8) is 0 Å². The first-order valence-electron chi connectivity index (χ1n) is 11.5. The third-order valence-corrected chi connectivity index (χ3v) is 6.79. The Morgan fingerprint density at radius 1 is 1.15 bits per heavy atom. The predicted octanol–water partition coefficient (Wildman–Crippen LogP) is 1.74. The number of aryl methyl sites for hydroxylation is 1. The fourth-order valence-corrected chi connectivity index (χ4v) is 4.92. The molecule has 6 rings (SSSR count). The van der Waals surface area contributed by atoms with E-state index in [2.05, 4.69) is 31.7 Å². The average Bonchev–Trinajstić information content (AvgIpc) is 3.28. The first kappa shape index (κ1) is 20.0. The minimum atomic E-state index is 0.390. The Hall–Kier alpha value is -3.59. The Balaban J connectivity index is 1.65. The minimum Gasteiger partial charge on any atom is -0.382 e. The van der Waals surface area contributed by atoms with Crippen molar-refractivity contribution in [1.29, 1.82) is 0 Å². The number of rotatable bonds is 4. The molecule has 168 valence electrons. The van der Waals surface area contributed by atoms with Gasteiger partial charge in [-0.15, -0.1) is 0 Å². The van der Waals surface area contributed by atoms with Gasteiger partial charge >= 0.3 is 0 Å². The van der Waals surface area contributed by atoms with Crippen LogP contribution in [0.3, 0.4) is 0 Å². The molecule has 9 nitrogen and oxygen atoms in total. The summed E-state index contributed by atoms with van der Waals surface area (Å²) in [6, 6.07) is 0. The van der Waals surface area contributed by atoms with E-state index in [1.54, 1.807) is 6.08 Å². The fraction of sp³-hybridized carbons (Fsp3) is 0.375. The summed E-state index contributed by atoms with van der Waals surface area (Å²) in [6.07, 6.45) is 11.2. The SMILES string of the molecule is C=C/C(c1nc(N2CCNCC2)c2c(C3CCC3)cncc2n1)=c1\c(N)nc2nc(C)cn12. The van der Waals surface area contributed by atoms with Crippen LogP contribution in [0.4, 0.5) is 11.6 Å². The number of imidazole rings is 2. The number of piperazine rings is 1. The molecular weight excluding hydrogens is 414 g/mol. The summed E-state index contributed by atoms with van der Waals surface area (Å²) >= 11 is 0. The van der Waals surface area contributed by atoms with Crippen LogP contribution in [0.1, 0.15) is 42.3 Å². The second-order valence-corrected chi connectivity index (χ2v) is 8.87. The smallest absolute Gasteiger partial charge is 0.236 e. The third-order valence-electron chi connectivity index (χ3n) is 6.79. The third kappa shape index (κ3) is 3.22. The minimum absolute atomic E-state index is 0.390. The number of aromatic nitrogens is 6. The topological polar surface area (TPSA) is 110 Å². The van der Waals surface area contributed by atoms with E-state index >= 15 is 0 Å². The highest BCUT2D eigenvalue weighted by Crippen LogP contribution is 2.41. The van der Waals surface area contributed by atoms with E-state index in [4.69, 9.17) is 15.7 Å². The average molecular weight is 442 g/mol. The van der Waals surface area contributed by atoms with Crippen LogP contribution in [0.2, 0.25) is 0 Å². The summed E-state index contributed by atoms with van der Waals surface area (Å²) in [7, 11) is 0. The molecule has 5 heterocycles. The van der Waals surface area contributed by atoms with E-state index < -0.39 is 0 Å². The van der Waals surface area contributed by atoms with Crippen molar-refractivity contribution < 1.29 is 0 Å². The number of anilines is 2. The maximum Gasteiger partial charge on any atom is 0.236 e. The number of nitrogens with one attached hydrogen (secondary N) is 1. The van der Waals surface area contributed by atoms with Gasteiger partial charge in [0.1, 0.15) is 11.2 Å². The van der Waals surface area contributed by atoms with Crippen LogP contribution in [0, 0.1) is 6.92 Å². The van der Waals surface area contributed by atoms with Crippen LogP contribution in [0.15, 0.2) is 31.2 Å². The Morgan fingerprint density at radius 2 is 1.97 bits per heavy atom. The molecule has 3 N–H and O–H groups in total. The predicted molar refractivity (Wildman–Crippen MR) is 129 cm³/mol. The molecule has 1 saturated carbocycles. The van der Waals surface area contributed by atoms with Gasteiger partial charge in [0.05, 0.1) is 17.4 Å². The van der Waals surface area contributed by atoms with Gasteiger partial charge in [-0.2, -0.15) is 4.98 Å². The lowest BCUT2D eigenvalue weighted by molar-refractivity contribution is 0.421. The summed E-state index contributed by atoms with van der Waals surface area (Å²) < 4.78 is 1.89. The summed E-state index contributed by atoms with van der Waals surface area (Å²) in [5.41, 5.74) is 10.0. The van der Waals surface area contributed by atoms with Gasteiger partial charge in [-0.05, 0) is 31.2 Å². The number of nitrogens with zero attached hydrogens (tertiary/aromatic N) is 7. The molecule has 9 heteroatoms.